The molecule has 0 saturated carbocycles. The molecule has 1 aliphatic heterocycles. The molecule has 7 heteroatoms. The van der Waals surface area contributed by atoms with Gasteiger partial charge in [0.15, 0.2) is 5.54 Å². The predicted octanol–water partition coefficient (Wildman–Crippen LogP) is 1.54. The van der Waals surface area contributed by atoms with E-state index in [0.29, 0.717) is 19.6 Å². The van der Waals surface area contributed by atoms with Gasteiger partial charge < -0.3 is 19.9 Å². The van der Waals surface area contributed by atoms with Crippen molar-refractivity contribution in [2.75, 3.05) is 25.6 Å². The topological polar surface area (TPSA) is 84.9 Å². The summed E-state index contributed by atoms with van der Waals surface area (Å²) in [7, 11) is 0. The lowest BCUT2D eigenvalue weighted by Crippen LogP contribution is -2.55. The third kappa shape index (κ3) is 4.14. The first-order chi connectivity index (χ1) is 10.6. The molecule has 1 atom stereocenters. The summed E-state index contributed by atoms with van der Waals surface area (Å²) in [5.74, 6) is -0.427. The number of thioether (sulfide) groups is 1. The van der Waals surface area contributed by atoms with E-state index in [2.05, 4.69) is 5.32 Å². The van der Waals surface area contributed by atoms with E-state index in [0.717, 1.165) is 10.6 Å². The molecule has 1 heterocycles. The Hall–Kier alpha value is -1.73. The van der Waals surface area contributed by atoms with Crippen LogP contribution >= 0.6 is 11.8 Å². The molecule has 1 aromatic rings. The predicted molar refractivity (Wildman–Crippen MR) is 82.3 cm³/mol. The summed E-state index contributed by atoms with van der Waals surface area (Å²) in [4.78, 5) is 24.2. The fraction of sp³-hybridized carbons (Fsp3) is 0.467. The van der Waals surface area contributed by atoms with Crippen molar-refractivity contribution in [3.05, 3.63) is 24.3 Å². The molecule has 1 amide bonds. The maximum Gasteiger partial charge on any atom is 0.331 e. The average molecular weight is 325 g/mol. The Morgan fingerprint density at radius 3 is 2.68 bits per heavy atom. The van der Waals surface area contributed by atoms with Gasteiger partial charge in [0.25, 0.3) is 0 Å². The highest BCUT2D eigenvalue weighted by Gasteiger charge is 2.43. The molecule has 0 radical (unpaired) electrons. The molecule has 1 unspecified atom stereocenters. The van der Waals surface area contributed by atoms with Gasteiger partial charge in [0.2, 0.25) is 5.91 Å². The summed E-state index contributed by atoms with van der Waals surface area (Å²) in [6, 6.07) is 7.42. The molecule has 1 fully saturated rings. The van der Waals surface area contributed by atoms with Crippen molar-refractivity contribution in [1.82, 2.24) is 5.32 Å². The fourth-order valence-electron chi connectivity index (χ4n) is 2.14. The van der Waals surface area contributed by atoms with Crippen LogP contribution in [-0.4, -0.2) is 48.1 Å². The normalized spacial score (nSPS) is 20.6. The van der Waals surface area contributed by atoms with Gasteiger partial charge in [0.1, 0.15) is 5.75 Å². The number of aliphatic carboxylic acids is 1. The zero-order valence-electron chi connectivity index (χ0n) is 12.3. The van der Waals surface area contributed by atoms with Crippen LogP contribution < -0.4 is 10.1 Å². The molecule has 0 bridgehead atoms. The van der Waals surface area contributed by atoms with Gasteiger partial charge in [-0.1, -0.05) is 0 Å². The molecule has 2 N–H and O–H groups in total. The number of nitrogens with one attached hydrogen (secondary N) is 1. The van der Waals surface area contributed by atoms with Gasteiger partial charge in [-0.3, -0.25) is 4.79 Å². The Kier molecular flexibility index (Phi) is 5.68. The van der Waals surface area contributed by atoms with Crippen molar-refractivity contribution in [3.8, 4) is 5.75 Å². The Labute approximate surface area is 133 Å². The second kappa shape index (κ2) is 7.51. The van der Waals surface area contributed by atoms with Crippen molar-refractivity contribution in [3.63, 3.8) is 0 Å². The summed E-state index contributed by atoms with van der Waals surface area (Å²) in [6.45, 7) is 2.88. The van der Waals surface area contributed by atoms with Gasteiger partial charge in [-0.2, -0.15) is 0 Å². The summed E-state index contributed by atoms with van der Waals surface area (Å²) < 4.78 is 10.5. The molecular weight excluding hydrogens is 306 g/mol. The Balaban J connectivity index is 1.85. The van der Waals surface area contributed by atoms with Crippen molar-refractivity contribution in [1.29, 1.82) is 0 Å². The van der Waals surface area contributed by atoms with Crippen molar-refractivity contribution >= 4 is 23.6 Å². The van der Waals surface area contributed by atoms with Crippen molar-refractivity contribution in [2.24, 2.45) is 0 Å². The number of carbonyl (C=O) groups excluding carboxylic acids is 1. The van der Waals surface area contributed by atoms with Crippen LogP contribution in [0.2, 0.25) is 0 Å². The summed E-state index contributed by atoms with van der Waals surface area (Å²) in [5, 5.41) is 11.8. The number of carbonyl (C=O) groups is 2. The van der Waals surface area contributed by atoms with Crippen LogP contribution in [0.1, 0.15) is 13.3 Å². The largest absolute Gasteiger partial charge is 0.494 e. The molecule has 1 aliphatic rings. The highest BCUT2D eigenvalue weighted by molar-refractivity contribution is 8.00. The highest BCUT2D eigenvalue weighted by atomic mass is 32.2. The number of amides is 1. The van der Waals surface area contributed by atoms with E-state index < -0.39 is 11.5 Å². The van der Waals surface area contributed by atoms with Crippen LogP contribution in [0.25, 0.3) is 0 Å². The number of ether oxygens (including phenoxy) is 2. The van der Waals surface area contributed by atoms with E-state index in [4.69, 9.17) is 9.47 Å². The second-order valence-corrected chi connectivity index (χ2v) is 5.98. The lowest BCUT2D eigenvalue weighted by molar-refractivity contribution is -0.147. The molecule has 2 rings (SSSR count). The van der Waals surface area contributed by atoms with E-state index in [1.165, 1.54) is 11.8 Å². The van der Waals surface area contributed by atoms with E-state index in [1.54, 1.807) is 0 Å². The quantitative estimate of drug-likeness (QED) is 0.740. The minimum atomic E-state index is -1.28. The van der Waals surface area contributed by atoms with Crippen LogP contribution in [0.5, 0.6) is 5.75 Å². The highest BCUT2D eigenvalue weighted by Crippen LogP contribution is 2.23. The van der Waals surface area contributed by atoms with Crippen LogP contribution in [0.15, 0.2) is 29.2 Å². The smallest absolute Gasteiger partial charge is 0.331 e. The van der Waals surface area contributed by atoms with Crippen LogP contribution in [0, 0.1) is 0 Å². The van der Waals surface area contributed by atoms with Gasteiger partial charge in [0.05, 0.1) is 19.0 Å². The van der Waals surface area contributed by atoms with E-state index in [9.17, 15) is 14.7 Å². The van der Waals surface area contributed by atoms with Crippen LogP contribution in [-0.2, 0) is 14.3 Å². The molecule has 22 heavy (non-hydrogen) atoms. The third-order valence-corrected chi connectivity index (χ3v) is 4.33. The molecular formula is C15H19NO5S. The number of hydrogen-bond donors (Lipinski definition) is 2. The first-order valence-corrected chi connectivity index (χ1v) is 8.02. The number of rotatable bonds is 7. The zero-order valence-corrected chi connectivity index (χ0v) is 13.1. The average Bonchev–Trinajstić information content (AvgIpc) is 2.97. The third-order valence-electron chi connectivity index (χ3n) is 3.31. The first kappa shape index (κ1) is 16.6. The molecule has 0 spiro atoms. The number of hydrogen-bond acceptors (Lipinski definition) is 5. The van der Waals surface area contributed by atoms with E-state index >= 15 is 0 Å². The summed E-state index contributed by atoms with van der Waals surface area (Å²) in [5.41, 5.74) is -1.28. The summed E-state index contributed by atoms with van der Waals surface area (Å²) >= 11 is 1.35. The molecule has 1 aromatic carbocycles. The Morgan fingerprint density at radius 1 is 1.41 bits per heavy atom. The second-order valence-electron chi connectivity index (χ2n) is 4.93. The summed E-state index contributed by atoms with van der Waals surface area (Å²) in [6.07, 6.45) is 0.293. The molecule has 6 nitrogen and oxygen atoms in total. The van der Waals surface area contributed by atoms with Crippen molar-refractivity contribution in [2.45, 2.75) is 23.8 Å². The maximum absolute atomic E-state index is 12.0. The Bertz CT molecular complexity index is 525. The zero-order chi connectivity index (χ0) is 16.0. The maximum atomic E-state index is 12.0. The van der Waals surface area contributed by atoms with Gasteiger partial charge in [-0.05, 0) is 31.2 Å². The molecule has 0 aliphatic carbocycles. The Morgan fingerprint density at radius 2 is 2.14 bits per heavy atom. The number of carboxylic acids is 1. The monoisotopic (exact) mass is 325 g/mol. The SMILES string of the molecule is CCOc1ccc(SCC(=O)NC2(C(=O)O)CCOC2)cc1. The fourth-order valence-corrected chi connectivity index (χ4v) is 2.83. The van der Waals surface area contributed by atoms with Gasteiger partial charge in [0, 0.05) is 17.9 Å². The van der Waals surface area contributed by atoms with E-state index in [-0.39, 0.29) is 18.3 Å². The standard InChI is InChI=1S/C15H19NO5S/c1-2-21-11-3-5-12(6-4-11)22-9-13(17)16-15(14(18)19)7-8-20-10-15/h3-6H,2,7-10H2,1H3,(H,16,17)(H,18,19). The van der Waals surface area contributed by atoms with Crippen LogP contribution in [0.3, 0.4) is 0 Å². The van der Waals surface area contributed by atoms with Crippen molar-refractivity contribution < 1.29 is 24.2 Å². The van der Waals surface area contributed by atoms with Gasteiger partial charge in [-0.15, -0.1) is 11.8 Å². The van der Waals surface area contributed by atoms with Gasteiger partial charge in [-0.25, -0.2) is 4.79 Å². The lowest BCUT2D eigenvalue weighted by Gasteiger charge is -2.23. The number of benzene rings is 1. The van der Waals surface area contributed by atoms with Crippen LogP contribution in [0.4, 0.5) is 0 Å². The lowest BCUT2D eigenvalue weighted by atomic mass is 9.99. The van der Waals surface area contributed by atoms with Gasteiger partial charge >= 0.3 is 5.97 Å². The minimum absolute atomic E-state index is 0.0157. The molecule has 0 aromatic heterocycles. The first-order valence-electron chi connectivity index (χ1n) is 7.03. The molecule has 120 valence electrons. The number of carboxylic acid groups (broad SMARTS) is 1. The minimum Gasteiger partial charge on any atom is -0.494 e. The molecule has 1 saturated heterocycles. The van der Waals surface area contributed by atoms with E-state index in [1.807, 2.05) is 31.2 Å².